The Morgan fingerprint density at radius 1 is 0.504 bits per heavy atom. The average Bonchev–Trinajstić information content (AvgIpc) is 1.64. The molecular formula is C102H170N6O25. The standard InChI is InChI=1S/C51H85N3O12.C40H77N3O12.C11H8O/c1-14-40-51(10,60)44(56)34(6)54(23-17-22-52-28-36-20-21-37-18-15-16-19-38(37)25-36)29-30(2)26-49(8,59)46(66-48-42(55)39(53(11)12)24-31(3)62-48)32(4)43(33(5)47(58)64-40)65-41-27-50(9,61-13)45(57)35(7)63-41;1-14-29-40(10,49)33(45)26(6)43(17-15-16-41)21-22(2)19-38(8,48)35(55-37-31(44)28(42(11)12)18-23(3)51-37)24(4)32(25(5)36(47)53-29)54-30-20-39(9,50-13)34(46)27(7)52-30;12-8-9-5-6-10-3-1-2-4-11(10)7-9/h15-16,18-21,25,30-35,39-46,48,52,55-57,59-60H,14,17,22-24,26-29H2,1-13H3;22-35,37,44-46,48-49H,14-21,41H2,1-13H3;1-8H/t30-,31-,32+,33-,34-,35+,39+,40-,41+,42-,43+,44-,45+,46-,48+,49-,50-,51-;22-,23-,24+,25-,26-,27+,28+,29-,30+,31-,32+,33-,34+,35-,37+,38-,39-,40-;/m11./s1. The van der Waals surface area contributed by atoms with Crippen LogP contribution in [0.25, 0.3) is 21.5 Å². The Morgan fingerprint density at radius 3 is 1.26 bits per heavy atom. The number of hydrogen-bond acceptors (Lipinski definition) is 31. The number of aliphatic hydroxyl groups is 10. The first-order valence-electron chi connectivity index (χ1n) is 48.6. The van der Waals surface area contributed by atoms with Gasteiger partial charge in [0.15, 0.2) is 25.2 Å². The number of aldehydes is 1. The van der Waals surface area contributed by atoms with E-state index >= 15 is 0 Å². The van der Waals surface area contributed by atoms with Crippen molar-refractivity contribution in [3.8, 4) is 0 Å². The summed E-state index contributed by atoms with van der Waals surface area (Å²) < 4.78 is 75.9. The maximum absolute atomic E-state index is 14.6. The zero-order valence-corrected chi connectivity index (χ0v) is 84.5. The molecule has 0 saturated carbocycles. The Kier molecular flexibility index (Phi) is 42.1. The second kappa shape index (κ2) is 49.4. The molecule has 4 aromatic rings. The van der Waals surface area contributed by atoms with Crippen LogP contribution in [0.2, 0.25) is 0 Å². The van der Waals surface area contributed by atoms with Gasteiger partial charge in [0, 0.05) is 88.3 Å². The Labute approximate surface area is 791 Å². The number of esters is 2. The predicted molar refractivity (Wildman–Crippen MR) is 510 cm³/mol. The molecular weight excluding hydrogens is 1710 g/mol. The van der Waals surface area contributed by atoms with E-state index in [1.165, 1.54) is 49.8 Å². The van der Waals surface area contributed by atoms with Crippen LogP contribution in [0.1, 0.15) is 219 Å². The highest BCUT2D eigenvalue weighted by Gasteiger charge is 2.57. The van der Waals surface area contributed by atoms with Gasteiger partial charge in [0.2, 0.25) is 0 Å². The number of aliphatic hydroxyl groups excluding tert-OH is 6. The van der Waals surface area contributed by atoms with Crippen molar-refractivity contribution in [2.45, 2.75) is 390 Å². The van der Waals surface area contributed by atoms with Gasteiger partial charge in [0.05, 0.1) is 83.1 Å². The first-order valence-corrected chi connectivity index (χ1v) is 48.6. The van der Waals surface area contributed by atoms with Crippen molar-refractivity contribution in [1.29, 1.82) is 0 Å². The fraction of sp³-hybridized carbons (Fsp3) is 0.775. The van der Waals surface area contributed by atoms with Crippen molar-refractivity contribution in [3.05, 3.63) is 96.1 Å². The van der Waals surface area contributed by atoms with Gasteiger partial charge in [-0.2, -0.15) is 0 Å². The number of fused-ring (bicyclic) bond motifs is 2. The number of rotatable bonds is 24. The van der Waals surface area contributed by atoms with Gasteiger partial charge in [0.1, 0.15) is 66.3 Å². The highest BCUT2D eigenvalue weighted by atomic mass is 16.7. The maximum Gasteiger partial charge on any atom is 0.311 e. The number of benzene rings is 4. The fourth-order valence-electron chi connectivity index (χ4n) is 21.4. The lowest BCUT2D eigenvalue weighted by Gasteiger charge is -2.48. The first kappa shape index (κ1) is 113. The van der Waals surface area contributed by atoms with Gasteiger partial charge in [-0.3, -0.25) is 24.2 Å². The summed E-state index contributed by atoms with van der Waals surface area (Å²) in [7, 11) is 10.6. The third-order valence-corrected chi connectivity index (χ3v) is 29.6. The van der Waals surface area contributed by atoms with E-state index in [0.717, 1.165) is 23.7 Å². The Hall–Kier alpha value is -5.03. The Bertz CT molecular complexity index is 4210. The number of cyclic esters (lactones) is 2. The van der Waals surface area contributed by atoms with Gasteiger partial charge < -0.3 is 129 Å². The molecule has 6 heterocycles. The average molecular weight is 1880 g/mol. The number of ether oxygens (including phenoxy) is 12. The minimum Gasteiger partial charge on any atom is -0.459 e. The summed E-state index contributed by atoms with van der Waals surface area (Å²) in [5.74, 6) is -5.36. The van der Waals surface area contributed by atoms with Gasteiger partial charge in [-0.25, -0.2) is 0 Å². The van der Waals surface area contributed by atoms with Crippen LogP contribution in [-0.2, 0) is 73.0 Å². The molecule has 13 N–H and O–H groups in total. The van der Waals surface area contributed by atoms with Crippen LogP contribution < -0.4 is 11.1 Å². The molecule has 31 heteroatoms. The van der Waals surface area contributed by atoms with Gasteiger partial charge in [-0.1, -0.05) is 114 Å². The summed E-state index contributed by atoms with van der Waals surface area (Å²) >= 11 is 0. The van der Waals surface area contributed by atoms with Crippen LogP contribution in [-0.4, -0.2) is 351 Å². The molecule has 0 unspecified atom stereocenters. The highest BCUT2D eigenvalue weighted by molar-refractivity contribution is 5.89. The summed E-state index contributed by atoms with van der Waals surface area (Å²) in [4.78, 5) is 47.4. The van der Waals surface area contributed by atoms with E-state index in [-0.39, 0.29) is 74.7 Å². The smallest absolute Gasteiger partial charge is 0.311 e. The molecule has 0 bridgehead atoms. The van der Waals surface area contributed by atoms with Crippen LogP contribution in [0.3, 0.4) is 0 Å². The number of hydrogen-bond donors (Lipinski definition) is 12. The third-order valence-electron chi connectivity index (χ3n) is 29.6. The van der Waals surface area contributed by atoms with Gasteiger partial charge in [-0.15, -0.1) is 0 Å². The van der Waals surface area contributed by atoms with E-state index in [4.69, 9.17) is 62.6 Å². The Morgan fingerprint density at radius 2 is 0.887 bits per heavy atom. The third kappa shape index (κ3) is 28.7. The number of likely N-dealkylation sites (N-methyl/N-ethyl adjacent to an activating group) is 2. The molecule has 6 aliphatic rings. The van der Waals surface area contributed by atoms with Crippen LogP contribution >= 0.6 is 0 Å². The molecule has 4 aromatic carbocycles. The highest BCUT2D eigenvalue weighted by Crippen LogP contribution is 2.45. The van der Waals surface area contributed by atoms with E-state index in [0.29, 0.717) is 65.1 Å². The van der Waals surface area contributed by atoms with Gasteiger partial charge >= 0.3 is 11.9 Å². The van der Waals surface area contributed by atoms with Crippen molar-refractivity contribution in [1.82, 2.24) is 24.9 Å². The second-order valence-corrected chi connectivity index (χ2v) is 41.5. The molecule has 0 aliphatic carbocycles. The lowest BCUT2D eigenvalue weighted by atomic mass is 9.77. The molecule has 6 aliphatic heterocycles. The van der Waals surface area contributed by atoms with Crippen LogP contribution in [0.5, 0.6) is 0 Å². The van der Waals surface area contributed by atoms with Crippen LogP contribution in [0.4, 0.5) is 0 Å². The minimum atomic E-state index is -1.86. The van der Waals surface area contributed by atoms with Crippen molar-refractivity contribution < 1.29 is 122 Å². The molecule has 0 aromatic heterocycles. The second-order valence-electron chi connectivity index (χ2n) is 41.5. The van der Waals surface area contributed by atoms with Crippen molar-refractivity contribution in [2.75, 3.05) is 81.7 Å². The number of methoxy groups -OCH3 is 2. The van der Waals surface area contributed by atoms with Gasteiger partial charge in [-0.05, 0) is 254 Å². The maximum atomic E-state index is 14.6. The minimum absolute atomic E-state index is 0.122. The lowest BCUT2D eigenvalue weighted by Crippen LogP contribution is -2.60. The summed E-state index contributed by atoms with van der Waals surface area (Å²) in [5, 5.41) is 127. The molecule has 36 atom stereocenters. The molecule has 0 spiro atoms. The zero-order chi connectivity index (χ0) is 99.1. The summed E-state index contributed by atoms with van der Waals surface area (Å²) in [5.41, 5.74) is -1.13. The number of nitrogens with zero attached hydrogens (tertiary/aromatic N) is 4. The van der Waals surface area contributed by atoms with E-state index in [9.17, 15) is 65.4 Å². The molecule has 6 fully saturated rings. The number of carbonyl (C=O) groups is 3. The number of nitrogens with one attached hydrogen (secondary N) is 1. The van der Waals surface area contributed by atoms with E-state index in [2.05, 4.69) is 45.4 Å². The SMILES string of the molecule is CC[C@H]1OC(=O)[C@H](C)[C@@H](O[C@H]2C[C@@](C)(OC)[C@@H](O)[C@H](C)O2)[C@H](C)[C@@H](O[C@@H]2O[C@H](C)C[C@H](N(C)C)[C@H]2O)[C@](C)(O)C[C@@H](C)CN(CCCN)[C@H](C)[C@@H](O)[C@]1(C)O.CC[C@H]1OC(=O)[C@H](C)[C@@H](O[C@H]2C[C@@](C)(OC)[C@@H](O)[C@H](C)O2)[C@H](C)[C@@H](O[C@@H]2O[C@H](C)C[C@H](N(C)C)[C@H]2O)[C@](C)(O)C[C@@H](C)CN(CCCNCc2ccc3ccccc3c2)[C@H](C)[C@@H](O)[C@]1(C)O.O=Cc1ccc2ccccc2c1. The summed E-state index contributed by atoms with van der Waals surface area (Å²) in [6.45, 7) is 39.3. The van der Waals surface area contributed by atoms with E-state index in [1.54, 1.807) is 69.2 Å². The predicted octanol–water partition coefficient (Wildman–Crippen LogP) is 8.88. The molecule has 758 valence electrons. The van der Waals surface area contributed by atoms with Crippen molar-refractivity contribution >= 4 is 39.8 Å². The Balaban J connectivity index is 0.000000293. The lowest BCUT2D eigenvalue weighted by molar-refractivity contribution is -0.318. The normalized spacial score (nSPS) is 41.2. The number of carbonyl (C=O) groups excluding carboxylic acids is 3. The van der Waals surface area contributed by atoms with E-state index < -0.39 is 192 Å². The molecule has 0 amide bonds. The molecule has 0 radical (unpaired) electrons. The summed E-state index contributed by atoms with van der Waals surface area (Å²) in [6.07, 6.45) is -14.7. The number of nitrogens with two attached hydrogens (primary N) is 1. The van der Waals surface area contributed by atoms with E-state index in [1.807, 2.05) is 148 Å². The largest absolute Gasteiger partial charge is 0.459 e. The van der Waals surface area contributed by atoms with Crippen LogP contribution in [0, 0.1) is 35.5 Å². The molecule has 133 heavy (non-hydrogen) atoms. The van der Waals surface area contributed by atoms with Crippen molar-refractivity contribution in [2.24, 2.45) is 41.2 Å². The first-order chi connectivity index (χ1) is 62.3. The molecule has 10 rings (SSSR count). The molecule has 31 nitrogen and oxygen atoms in total. The van der Waals surface area contributed by atoms with Crippen LogP contribution in [0.15, 0.2) is 84.9 Å². The zero-order valence-electron chi connectivity index (χ0n) is 84.5. The fourth-order valence-corrected chi connectivity index (χ4v) is 21.4. The molecule has 6 saturated heterocycles. The van der Waals surface area contributed by atoms with Gasteiger partial charge in [0.25, 0.3) is 0 Å². The quantitative estimate of drug-likeness (QED) is 0.0177. The van der Waals surface area contributed by atoms with Crippen molar-refractivity contribution in [3.63, 3.8) is 0 Å². The topological polar surface area (TPSA) is 415 Å². The summed E-state index contributed by atoms with van der Waals surface area (Å²) in [6, 6.07) is 26.7. The monoisotopic (exact) mass is 1880 g/mol.